The lowest BCUT2D eigenvalue weighted by Crippen LogP contribution is -2.70. The van der Waals surface area contributed by atoms with E-state index in [-0.39, 0.29) is 23.8 Å². The lowest BCUT2D eigenvalue weighted by molar-refractivity contribution is 0.0442. The number of nitrogens with one attached hydrogen (secondary N) is 4. The number of anilines is 1. The molecule has 4 N–H and O–H groups in total. The smallest absolute Gasteiger partial charge is 0.274 e. The van der Waals surface area contributed by atoms with E-state index in [2.05, 4.69) is 20.3 Å². The Morgan fingerprint density at radius 2 is 2.30 bits per heavy atom. The van der Waals surface area contributed by atoms with Crippen molar-refractivity contribution in [3.63, 3.8) is 0 Å². The van der Waals surface area contributed by atoms with E-state index >= 15 is 0 Å². The van der Waals surface area contributed by atoms with Gasteiger partial charge in [0.05, 0.1) is 31.3 Å². The summed E-state index contributed by atoms with van der Waals surface area (Å²) in [5.74, 6) is -0.622. The maximum atomic E-state index is 14.9. The van der Waals surface area contributed by atoms with Crippen molar-refractivity contribution in [1.82, 2.24) is 15.0 Å². The standard InChI is InChI=1S/C19H20FN5O4S/c1-28-12-3-5-15(22-9-12)17(26)23-11-2-4-14(20)13(8-11)19-6-7-29-10-16(19)30(27)25-18(21)24-19/h2-5,8-9,16H,6-7,10H2,1H3,(H,23,26)(H3,21,24,25). The molecule has 1 aromatic carbocycles. The average Bonchev–Trinajstić information content (AvgIpc) is 2.74. The van der Waals surface area contributed by atoms with Gasteiger partial charge < -0.3 is 24.7 Å². The number of pyridine rings is 1. The van der Waals surface area contributed by atoms with Crippen LogP contribution >= 0.6 is 0 Å². The van der Waals surface area contributed by atoms with Crippen LogP contribution in [0.5, 0.6) is 5.75 Å². The fourth-order valence-corrected chi connectivity index (χ4v) is 4.97. The first-order valence-corrected chi connectivity index (χ1v) is 10.4. The highest BCUT2D eigenvalue weighted by atomic mass is 32.2. The predicted molar refractivity (Wildman–Crippen MR) is 108 cm³/mol. The highest BCUT2D eigenvalue weighted by molar-refractivity contribution is 7.90. The minimum atomic E-state index is -1.62. The number of ether oxygens (including phenoxy) is 2. The highest BCUT2D eigenvalue weighted by Crippen LogP contribution is 2.40. The Bertz CT molecular complexity index is 976. The third kappa shape index (κ3) is 3.66. The molecule has 30 heavy (non-hydrogen) atoms. The average molecular weight is 433 g/mol. The van der Waals surface area contributed by atoms with Crippen LogP contribution in [0.2, 0.25) is 0 Å². The summed E-state index contributed by atoms with van der Waals surface area (Å²) >= 11 is -1.62. The molecule has 3 unspecified atom stereocenters. The van der Waals surface area contributed by atoms with Crippen molar-refractivity contribution in [3.05, 3.63) is 53.6 Å². The molecule has 11 heteroatoms. The van der Waals surface area contributed by atoms with Crippen molar-refractivity contribution in [2.24, 2.45) is 0 Å². The normalized spacial score (nSPS) is 25.5. The summed E-state index contributed by atoms with van der Waals surface area (Å²) in [6.07, 6.45) is 1.75. The summed E-state index contributed by atoms with van der Waals surface area (Å²) < 4.78 is 40.5. The molecule has 0 saturated carbocycles. The number of aromatic nitrogens is 1. The van der Waals surface area contributed by atoms with Crippen LogP contribution in [0.4, 0.5) is 10.1 Å². The molecule has 3 heterocycles. The number of hydrogen-bond donors (Lipinski definition) is 4. The van der Waals surface area contributed by atoms with Gasteiger partial charge in [-0.25, -0.2) is 9.37 Å². The minimum Gasteiger partial charge on any atom is -0.593 e. The first kappa shape index (κ1) is 20.4. The monoisotopic (exact) mass is 433 g/mol. The Balaban J connectivity index is 1.65. The third-order valence-electron chi connectivity index (χ3n) is 5.18. The zero-order chi connectivity index (χ0) is 21.3. The van der Waals surface area contributed by atoms with Gasteiger partial charge in [0.1, 0.15) is 22.8 Å². The molecule has 4 rings (SSSR count). The quantitative estimate of drug-likeness (QED) is 0.534. The number of fused-ring (bicyclic) bond motifs is 1. The number of halogens is 1. The number of guanidine groups is 1. The summed E-state index contributed by atoms with van der Waals surface area (Å²) in [7, 11) is 1.50. The number of amides is 1. The molecule has 2 aromatic rings. The second-order valence-electron chi connectivity index (χ2n) is 6.92. The number of benzene rings is 1. The van der Waals surface area contributed by atoms with E-state index in [1.807, 2.05) is 0 Å². The van der Waals surface area contributed by atoms with Crippen molar-refractivity contribution in [1.29, 1.82) is 5.41 Å². The lowest BCUT2D eigenvalue weighted by atomic mass is 9.81. The Morgan fingerprint density at radius 3 is 3.03 bits per heavy atom. The molecular weight excluding hydrogens is 413 g/mol. The van der Waals surface area contributed by atoms with Crippen LogP contribution in [-0.2, 0) is 21.6 Å². The van der Waals surface area contributed by atoms with Gasteiger partial charge >= 0.3 is 0 Å². The van der Waals surface area contributed by atoms with Crippen LogP contribution < -0.4 is 20.1 Å². The predicted octanol–water partition coefficient (Wildman–Crippen LogP) is 1.26. The summed E-state index contributed by atoms with van der Waals surface area (Å²) in [6.45, 7) is 0.464. The van der Waals surface area contributed by atoms with Crippen LogP contribution in [0.15, 0.2) is 36.5 Å². The van der Waals surface area contributed by atoms with Gasteiger partial charge in [0.15, 0.2) is 5.25 Å². The van der Waals surface area contributed by atoms with Crippen LogP contribution in [0, 0.1) is 11.2 Å². The molecule has 0 bridgehead atoms. The maximum absolute atomic E-state index is 14.9. The van der Waals surface area contributed by atoms with E-state index < -0.39 is 33.9 Å². The first-order valence-electron chi connectivity index (χ1n) is 9.16. The van der Waals surface area contributed by atoms with Gasteiger partial charge in [-0.05, 0) is 30.3 Å². The summed E-state index contributed by atoms with van der Waals surface area (Å²) in [4.78, 5) is 16.6. The molecule has 0 spiro atoms. The molecule has 2 aliphatic heterocycles. The molecule has 158 valence electrons. The van der Waals surface area contributed by atoms with E-state index in [4.69, 9.17) is 14.9 Å². The SMILES string of the molecule is COc1ccc(C(=O)Nc2ccc(F)c(C34CCOCC3[S+]([O-])NC(=N)N4)c2)nc1. The largest absolute Gasteiger partial charge is 0.593 e. The van der Waals surface area contributed by atoms with Crippen LogP contribution in [-0.4, -0.2) is 47.0 Å². The zero-order valence-corrected chi connectivity index (χ0v) is 16.8. The minimum absolute atomic E-state index is 0.145. The molecular formula is C19H20FN5O4S. The van der Waals surface area contributed by atoms with Gasteiger partial charge in [0, 0.05) is 24.3 Å². The molecule has 2 fully saturated rings. The summed E-state index contributed by atoms with van der Waals surface area (Å²) in [5.41, 5.74) is -0.344. The van der Waals surface area contributed by atoms with E-state index in [0.29, 0.717) is 24.5 Å². The number of rotatable bonds is 4. The molecule has 9 nitrogen and oxygen atoms in total. The second-order valence-corrected chi connectivity index (χ2v) is 8.28. The molecule has 3 atom stereocenters. The van der Waals surface area contributed by atoms with Gasteiger partial charge in [-0.2, -0.15) is 4.72 Å². The number of carbonyl (C=O) groups excluding carboxylic acids is 1. The maximum Gasteiger partial charge on any atom is 0.274 e. The summed E-state index contributed by atoms with van der Waals surface area (Å²) in [6, 6.07) is 7.31. The van der Waals surface area contributed by atoms with Crippen LogP contribution in [0.1, 0.15) is 22.5 Å². The molecule has 0 radical (unpaired) electrons. The van der Waals surface area contributed by atoms with Gasteiger partial charge in [-0.1, -0.05) is 0 Å². The van der Waals surface area contributed by atoms with Gasteiger partial charge in [-0.3, -0.25) is 10.2 Å². The third-order valence-corrected chi connectivity index (χ3v) is 6.64. The van der Waals surface area contributed by atoms with E-state index in [1.165, 1.54) is 37.6 Å². The highest BCUT2D eigenvalue weighted by Gasteiger charge is 2.55. The van der Waals surface area contributed by atoms with Crippen molar-refractivity contribution in [2.75, 3.05) is 25.6 Å². The molecule has 0 aliphatic carbocycles. The lowest BCUT2D eigenvalue weighted by Gasteiger charge is -2.47. The van der Waals surface area contributed by atoms with Crippen LogP contribution in [0.25, 0.3) is 0 Å². The second kappa shape index (κ2) is 8.09. The number of nitrogens with zero attached hydrogens (tertiary/aromatic N) is 1. The molecule has 2 saturated heterocycles. The number of methoxy groups -OCH3 is 1. The molecule has 1 amide bonds. The van der Waals surface area contributed by atoms with E-state index in [9.17, 15) is 13.7 Å². The van der Waals surface area contributed by atoms with E-state index in [0.717, 1.165) is 0 Å². The topological polar surface area (TPSA) is 131 Å². The first-order chi connectivity index (χ1) is 14.4. The Kier molecular flexibility index (Phi) is 5.50. The van der Waals surface area contributed by atoms with Gasteiger partial charge in [0.2, 0.25) is 5.96 Å². The Labute approximate surface area is 175 Å². The van der Waals surface area contributed by atoms with Crippen molar-refractivity contribution in [2.45, 2.75) is 17.2 Å². The van der Waals surface area contributed by atoms with Crippen LogP contribution in [0.3, 0.4) is 0 Å². The number of hydrogen-bond acceptors (Lipinski definition) is 6. The fourth-order valence-electron chi connectivity index (χ4n) is 3.69. The van der Waals surface area contributed by atoms with Gasteiger partial charge in [0.25, 0.3) is 5.91 Å². The molecule has 1 aromatic heterocycles. The van der Waals surface area contributed by atoms with Crippen molar-refractivity contribution < 1.29 is 23.2 Å². The number of carbonyl (C=O) groups is 1. The van der Waals surface area contributed by atoms with Crippen molar-refractivity contribution >= 4 is 28.9 Å². The Hall–Kier alpha value is -2.89. The Morgan fingerprint density at radius 1 is 1.47 bits per heavy atom. The van der Waals surface area contributed by atoms with Gasteiger partial charge in [-0.15, -0.1) is 0 Å². The van der Waals surface area contributed by atoms with E-state index in [1.54, 1.807) is 6.07 Å². The fraction of sp³-hybridized carbons (Fsp3) is 0.316. The molecule has 2 aliphatic rings. The summed E-state index contributed by atoms with van der Waals surface area (Å²) in [5, 5.41) is 13.0. The van der Waals surface area contributed by atoms with Crippen molar-refractivity contribution in [3.8, 4) is 5.75 Å². The zero-order valence-electron chi connectivity index (χ0n) is 16.0.